The van der Waals surface area contributed by atoms with Crippen LogP contribution < -0.4 is 15.1 Å². The van der Waals surface area contributed by atoms with E-state index in [2.05, 4.69) is 73.6 Å². The number of piperazine rings is 2. The summed E-state index contributed by atoms with van der Waals surface area (Å²) in [5.74, 6) is 0.540. The topological polar surface area (TPSA) is 67.8 Å². The first-order valence-electron chi connectivity index (χ1n) is 15.9. The number of halogens is 3. The number of nitrogens with zero attached hydrogens (tertiary/aromatic N) is 6. The highest BCUT2D eigenvalue weighted by atomic mass is 19.4. The van der Waals surface area contributed by atoms with Gasteiger partial charge in [-0.2, -0.15) is 13.2 Å². The van der Waals surface area contributed by atoms with Gasteiger partial charge >= 0.3 is 12.2 Å². The van der Waals surface area contributed by atoms with E-state index in [1.807, 2.05) is 36.6 Å². The van der Waals surface area contributed by atoms with Gasteiger partial charge in [0.15, 0.2) is 0 Å². The normalized spacial score (nSPS) is 16.6. The van der Waals surface area contributed by atoms with Crippen LogP contribution in [0.5, 0.6) is 0 Å². The Morgan fingerprint density at radius 2 is 1.44 bits per heavy atom. The van der Waals surface area contributed by atoms with Gasteiger partial charge in [-0.25, -0.2) is 14.8 Å². The number of benzene rings is 2. The number of carbonyl (C=O) groups is 1. The molecule has 2 fully saturated rings. The predicted molar refractivity (Wildman–Crippen MR) is 173 cm³/mol. The highest BCUT2D eigenvalue weighted by Gasteiger charge is 2.36. The molecule has 2 aromatic carbocycles. The second-order valence-corrected chi connectivity index (χ2v) is 12.8. The smallest absolute Gasteiger partial charge is 0.367 e. The molecule has 3 aromatic rings. The first kappa shape index (κ1) is 32.5. The predicted octanol–water partition coefficient (Wildman–Crippen LogP) is 5.89. The van der Waals surface area contributed by atoms with Crippen molar-refractivity contribution in [3.05, 3.63) is 72.2 Å². The summed E-state index contributed by atoms with van der Waals surface area (Å²) in [5, 5.41) is 3.08. The molecule has 2 amide bonds. The molecule has 5 rings (SSSR count). The average Bonchev–Trinajstić information content (AvgIpc) is 3.04. The molecule has 2 saturated heterocycles. The Morgan fingerprint density at radius 3 is 2.11 bits per heavy atom. The van der Waals surface area contributed by atoms with Gasteiger partial charge in [-0.15, -0.1) is 0 Å². The first-order chi connectivity index (χ1) is 21.5. The van der Waals surface area contributed by atoms with Crippen LogP contribution in [-0.4, -0.2) is 91.2 Å². The zero-order valence-electron chi connectivity index (χ0n) is 26.5. The quantitative estimate of drug-likeness (QED) is 0.316. The van der Waals surface area contributed by atoms with Gasteiger partial charge < -0.3 is 20.0 Å². The summed E-state index contributed by atoms with van der Waals surface area (Å²) < 4.78 is 40.6. The Kier molecular flexibility index (Phi) is 10.2. The third kappa shape index (κ3) is 8.45. The molecule has 0 unspecified atom stereocenters. The second-order valence-electron chi connectivity index (χ2n) is 12.8. The fraction of sp³-hybridized carbons (Fsp3) is 0.500. The van der Waals surface area contributed by atoms with Crippen LogP contribution in [0.4, 0.5) is 29.5 Å². The van der Waals surface area contributed by atoms with E-state index in [9.17, 15) is 18.0 Å². The van der Waals surface area contributed by atoms with E-state index in [0.29, 0.717) is 38.5 Å². The van der Waals surface area contributed by atoms with E-state index in [0.717, 1.165) is 51.6 Å². The van der Waals surface area contributed by atoms with Gasteiger partial charge in [-0.05, 0) is 31.0 Å². The Labute approximate surface area is 264 Å². The summed E-state index contributed by atoms with van der Waals surface area (Å²) in [6.07, 6.45) is -2.71. The molecule has 2 aliphatic rings. The molecule has 45 heavy (non-hydrogen) atoms. The van der Waals surface area contributed by atoms with Crippen LogP contribution in [0, 0.1) is 0 Å². The molecule has 2 aliphatic heterocycles. The fourth-order valence-corrected chi connectivity index (χ4v) is 5.81. The number of aromatic nitrogens is 2. The molecule has 0 spiro atoms. The minimum Gasteiger partial charge on any atom is -0.367 e. The van der Waals surface area contributed by atoms with Gasteiger partial charge in [0.2, 0.25) is 0 Å². The number of alkyl halides is 3. The average molecular weight is 624 g/mol. The van der Waals surface area contributed by atoms with E-state index >= 15 is 0 Å². The number of hydrogen-bond acceptors (Lipinski definition) is 6. The van der Waals surface area contributed by atoms with Crippen molar-refractivity contribution in [1.29, 1.82) is 0 Å². The summed E-state index contributed by atoms with van der Waals surface area (Å²) >= 11 is 0. The lowest BCUT2D eigenvalue weighted by atomic mass is 9.95. The van der Waals surface area contributed by atoms with Crippen LogP contribution in [0.2, 0.25) is 0 Å². The fourth-order valence-electron chi connectivity index (χ4n) is 5.81. The molecule has 0 radical (unpaired) electrons. The lowest BCUT2D eigenvalue weighted by molar-refractivity contribution is -0.141. The number of hydrogen-bond donors (Lipinski definition) is 1. The number of amides is 2. The molecule has 0 bridgehead atoms. The summed E-state index contributed by atoms with van der Waals surface area (Å²) in [4.78, 5) is 29.6. The van der Waals surface area contributed by atoms with Crippen LogP contribution in [-0.2, 0) is 11.6 Å². The first-order valence-corrected chi connectivity index (χ1v) is 15.9. The number of nitrogens with one attached hydrogen (secondary N) is 1. The number of urea groups is 1. The number of para-hydroxylation sites is 1. The summed E-state index contributed by atoms with van der Waals surface area (Å²) in [6.45, 7) is 12.6. The third-order valence-electron chi connectivity index (χ3n) is 8.44. The van der Waals surface area contributed by atoms with Crippen molar-refractivity contribution in [2.45, 2.75) is 45.2 Å². The van der Waals surface area contributed by atoms with E-state index < -0.39 is 17.3 Å². The number of carbonyl (C=O) groups excluding carboxylic acids is 1. The van der Waals surface area contributed by atoms with Gasteiger partial charge in [-0.1, -0.05) is 69.3 Å². The Bertz CT molecular complexity index is 1380. The molecule has 1 N–H and O–H groups in total. The summed E-state index contributed by atoms with van der Waals surface area (Å²) in [7, 11) is 0. The molecule has 1 aromatic heterocycles. The lowest BCUT2D eigenvalue weighted by Gasteiger charge is -2.37. The molecular weight excluding hydrogens is 579 g/mol. The summed E-state index contributed by atoms with van der Waals surface area (Å²) in [6, 6.07) is 19.9. The van der Waals surface area contributed by atoms with Gasteiger partial charge in [0.1, 0.15) is 17.3 Å². The standard InChI is InChI=1S/C34H44F3N7O/c1-33(2,3)31-39-29(34(35,36)37)25-30(40-31)43-19-17-41(18-20-43)16-10-9-15-38-32(45)44-23-21-42(22-24-44)28-14-8-7-13-27(28)26-11-5-4-6-12-26/h4-8,11-14,25H,9-10,15-24H2,1-3H3,(H,38,45). The Hall–Kier alpha value is -3.86. The molecule has 0 saturated carbocycles. The molecule has 11 heteroatoms. The Morgan fingerprint density at radius 1 is 0.800 bits per heavy atom. The lowest BCUT2D eigenvalue weighted by Crippen LogP contribution is -2.52. The van der Waals surface area contributed by atoms with Gasteiger partial charge in [0.25, 0.3) is 0 Å². The third-order valence-corrected chi connectivity index (χ3v) is 8.44. The monoisotopic (exact) mass is 623 g/mol. The maximum absolute atomic E-state index is 13.5. The van der Waals surface area contributed by atoms with Gasteiger partial charge in [0.05, 0.1) is 0 Å². The van der Waals surface area contributed by atoms with E-state index in [-0.39, 0.29) is 11.9 Å². The van der Waals surface area contributed by atoms with Crippen molar-refractivity contribution in [2.24, 2.45) is 0 Å². The van der Waals surface area contributed by atoms with E-state index in [4.69, 9.17) is 0 Å². The molecule has 8 nitrogen and oxygen atoms in total. The zero-order chi connectivity index (χ0) is 32.0. The highest BCUT2D eigenvalue weighted by molar-refractivity contribution is 5.79. The number of rotatable bonds is 8. The molecular formula is C34H44F3N7O. The number of anilines is 2. The van der Waals surface area contributed by atoms with Crippen molar-refractivity contribution < 1.29 is 18.0 Å². The maximum Gasteiger partial charge on any atom is 0.433 e. The maximum atomic E-state index is 13.5. The molecule has 0 atom stereocenters. The van der Waals surface area contributed by atoms with Gasteiger partial charge in [-0.3, -0.25) is 4.90 Å². The minimum atomic E-state index is -4.52. The van der Waals surface area contributed by atoms with Crippen molar-refractivity contribution in [2.75, 3.05) is 75.2 Å². The number of unbranched alkanes of at least 4 members (excludes halogenated alkanes) is 1. The Balaban J connectivity index is 1.01. The highest BCUT2D eigenvalue weighted by Crippen LogP contribution is 2.33. The molecule has 3 heterocycles. The summed E-state index contributed by atoms with van der Waals surface area (Å²) in [5.41, 5.74) is 2.11. The molecule has 242 valence electrons. The zero-order valence-corrected chi connectivity index (χ0v) is 26.5. The van der Waals surface area contributed by atoms with Crippen LogP contribution in [0.3, 0.4) is 0 Å². The van der Waals surface area contributed by atoms with E-state index in [1.165, 1.54) is 16.8 Å². The van der Waals surface area contributed by atoms with Crippen molar-refractivity contribution in [1.82, 2.24) is 25.1 Å². The van der Waals surface area contributed by atoms with Gasteiger partial charge in [0, 0.05) is 81.6 Å². The van der Waals surface area contributed by atoms with Crippen molar-refractivity contribution in [3.8, 4) is 11.1 Å². The van der Waals surface area contributed by atoms with Crippen molar-refractivity contribution in [3.63, 3.8) is 0 Å². The van der Waals surface area contributed by atoms with Crippen LogP contribution in [0.25, 0.3) is 11.1 Å². The van der Waals surface area contributed by atoms with Crippen LogP contribution >= 0.6 is 0 Å². The minimum absolute atomic E-state index is 0.0164. The SMILES string of the molecule is CC(C)(C)c1nc(N2CCN(CCCCNC(=O)N3CCN(c4ccccc4-c4ccccc4)CC3)CC2)cc(C(F)(F)F)n1. The second kappa shape index (κ2) is 14.1. The van der Waals surface area contributed by atoms with Crippen LogP contribution in [0.1, 0.15) is 45.1 Å². The molecule has 0 aliphatic carbocycles. The van der Waals surface area contributed by atoms with Crippen LogP contribution in [0.15, 0.2) is 60.7 Å². The van der Waals surface area contributed by atoms with Crippen molar-refractivity contribution >= 4 is 17.5 Å². The largest absolute Gasteiger partial charge is 0.433 e. The van der Waals surface area contributed by atoms with E-state index in [1.54, 1.807) is 0 Å².